The lowest BCUT2D eigenvalue weighted by molar-refractivity contribution is -0.114. The summed E-state index contributed by atoms with van der Waals surface area (Å²) in [7, 11) is 1.68. The lowest BCUT2D eigenvalue weighted by Gasteiger charge is -2.19. The van der Waals surface area contributed by atoms with Crippen molar-refractivity contribution >= 4 is 17.3 Å². The van der Waals surface area contributed by atoms with Crippen molar-refractivity contribution < 1.29 is 9.53 Å². The number of methoxy groups -OCH3 is 1. The first kappa shape index (κ1) is 15.9. The topological polar surface area (TPSA) is 50.4 Å². The minimum absolute atomic E-state index is 0.0708. The van der Waals surface area contributed by atoms with Gasteiger partial charge in [0.05, 0.1) is 13.2 Å². The van der Waals surface area contributed by atoms with Gasteiger partial charge in [-0.2, -0.15) is 0 Å². The number of ether oxygens (including phenoxy) is 1. The van der Waals surface area contributed by atoms with Gasteiger partial charge in [0.15, 0.2) is 0 Å². The van der Waals surface area contributed by atoms with E-state index in [0.717, 1.165) is 22.7 Å². The fourth-order valence-corrected chi connectivity index (χ4v) is 2.37. The Balaban J connectivity index is 2.13. The van der Waals surface area contributed by atoms with Gasteiger partial charge in [-0.1, -0.05) is 17.7 Å². The van der Waals surface area contributed by atoms with E-state index in [0.29, 0.717) is 0 Å². The molecule has 1 atom stereocenters. The molecule has 22 heavy (non-hydrogen) atoms. The number of nitrogens with one attached hydrogen (secondary N) is 2. The number of benzene rings is 2. The number of carbonyl (C=O) groups excluding carboxylic acids is 1. The molecule has 2 rings (SSSR count). The summed E-state index contributed by atoms with van der Waals surface area (Å²) in [5, 5.41) is 6.20. The summed E-state index contributed by atoms with van der Waals surface area (Å²) in [4.78, 5) is 11.0. The first-order valence-corrected chi connectivity index (χ1v) is 7.28. The fraction of sp³-hybridized carbons (Fsp3) is 0.278. The number of aryl methyl sites for hydroxylation is 1. The van der Waals surface area contributed by atoms with Crippen molar-refractivity contribution in [2.45, 2.75) is 26.8 Å². The van der Waals surface area contributed by atoms with Gasteiger partial charge in [0, 0.05) is 23.9 Å². The van der Waals surface area contributed by atoms with E-state index < -0.39 is 0 Å². The second-order valence-electron chi connectivity index (χ2n) is 5.37. The molecule has 0 bridgehead atoms. The third kappa shape index (κ3) is 4.01. The Labute approximate surface area is 131 Å². The molecule has 0 saturated heterocycles. The van der Waals surface area contributed by atoms with E-state index in [2.05, 4.69) is 30.5 Å². The summed E-state index contributed by atoms with van der Waals surface area (Å²) in [6.07, 6.45) is 0. The molecule has 0 saturated carbocycles. The maximum Gasteiger partial charge on any atom is 0.221 e. The van der Waals surface area contributed by atoms with Crippen molar-refractivity contribution in [2.24, 2.45) is 0 Å². The maximum atomic E-state index is 11.0. The van der Waals surface area contributed by atoms with Gasteiger partial charge in [-0.05, 0) is 44.2 Å². The molecule has 0 spiro atoms. The Kier molecular flexibility index (Phi) is 5.04. The third-order valence-corrected chi connectivity index (χ3v) is 3.44. The van der Waals surface area contributed by atoms with Gasteiger partial charge in [0.25, 0.3) is 0 Å². The average molecular weight is 298 g/mol. The molecule has 0 radical (unpaired) electrons. The van der Waals surface area contributed by atoms with Crippen LogP contribution < -0.4 is 15.4 Å². The fourth-order valence-electron chi connectivity index (χ4n) is 2.37. The van der Waals surface area contributed by atoms with Crippen LogP contribution >= 0.6 is 0 Å². The third-order valence-electron chi connectivity index (χ3n) is 3.44. The highest BCUT2D eigenvalue weighted by Crippen LogP contribution is 2.29. The molecule has 0 aliphatic rings. The number of carbonyl (C=O) groups is 1. The number of hydrogen-bond acceptors (Lipinski definition) is 3. The predicted octanol–water partition coefficient (Wildman–Crippen LogP) is 4.14. The molecular weight excluding hydrogens is 276 g/mol. The van der Waals surface area contributed by atoms with Crippen LogP contribution in [0.15, 0.2) is 42.5 Å². The van der Waals surface area contributed by atoms with E-state index >= 15 is 0 Å². The van der Waals surface area contributed by atoms with Crippen molar-refractivity contribution in [3.8, 4) is 5.75 Å². The summed E-state index contributed by atoms with van der Waals surface area (Å²) in [6, 6.07) is 13.9. The van der Waals surface area contributed by atoms with Crippen LogP contribution in [0.4, 0.5) is 11.4 Å². The molecule has 4 heteroatoms. The molecule has 0 aromatic heterocycles. The zero-order valence-electron chi connectivity index (χ0n) is 13.4. The van der Waals surface area contributed by atoms with Crippen LogP contribution in [0.3, 0.4) is 0 Å². The minimum Gasteiger partial charge on any atom is -0.496 e. The highest BCUT2D eigenvalue weighted by atomic mass is 16.5. The van der Waals surface area contributed by atoms with E-state index in [1.165, 1.54) is 12.5 Å². The molecule has 0 aliphatic carbocycles. The van der Waals surface area contributed by atoms with E-state index in [9.17, 15) is 4.79 Å². The van der Waals surface area contributed by atoms with Gasteiger partial charge in [-0.15, -0.1) is 0 Å². The summed E-state index contributed by atoms with van der Waals surface area (Å²) >= 11 is 0. The van der Waals surface area contributed by atoms with Crippen LogP contribution in [-0.2, 0) is 4.79 Å². The quantitative estimate of drug-likeness (QED) is 0.872. The first-order valence-electron chi connectivity index (χ1n) is 7.28. The van der Waals surface area contributed by atoms with Gasteiger partial charge < -0.3 is 15.4 Å². The Bertz CT molecular complexity index is 651. The zero-order valence-corrected chi connectivity index (χ0v) is 13.4. The standard InChI is InChI=1S/C18H22N2O2/c1-12-5-10-18(22-4)17(11-12)13(2)19-15-6-8-16(9-7-15)20-14(3)21/h5-11,13,19H,1-4H3,(H,20,21). The molecule has 116 valence electrons. The van der Waals surface area contributed by atoms with Crippen LogP contribution in [0.5, 0.6) is 5.75 Å². The Morgan fingerprint density at radius 1 is 1.09 bits per heavy atom. The molecule has 0 aliphatic heterocycles. The van der Waals surface area contributed by atoms with Crippen molar-refractivity contribution in [3.05, 3.63) is 53.6 Å². The van der Waals surface area contributed by atoms with Gasteiger partial charge in [-0.25, -0.2) is 0 Å². The maximum absolute atomic E-state index is 11.0. The highest BCUT2D eigenvalue weighted by molar-refractivity contribution is 5.88. The summed E-state index contributed by atoms with van der Waals surface area (Å²) in [5.41, 5.74) is 4.10. The normalized spacial score (nSPS) is 11.6. The first-order chi connectivity index (χ1) is 10.5. The van der Waals surface area contributed by atoms with Crippen molar-refractivity contribution in [1.29, 1.82) is 0 Å². The van der Waals surface area contributed by atoms with E-state index in [4.69, 9.17) is 4.74 Å². The molecule has 0 heterocycles. The van der Waals surface area contributed by atoms with Gasteiger partial charge >= 0.3 is 0 Å². The zero-order chi connectivity index (χ0) is 16.1. The SMILES string of the molecule is COc1ccc(C)cc1C(C)Nc1ccc(NC(C)=O)cc1. The smallest absolute Gasteiger partial charge is 0.221 e. The minimum atomic E-state index is -0.0708. The Morgan fingerprint density at radius 3 is 2.32 bits per heavy atom. The lowest BCUT2D eigenvalue weighted by Crippen LogP contribution is -2.09. The number of hydrogen-bond donors (Lipinski definition) is 2. The summed E-state index contributed by atoms with van der Waals surface area (Å²) < 4.78 is 5.43. The van der Waals surface area contributed by atoms with Crippen LogP contribution in [0.1, 0.15) is 31.0 Å². The molecule has 2 aromatic carbocycles. The number of rotatable bonds is 5. The van der Waals surface area contributed by atoms with Crippen molar-refractivity contribution in [3.63, 3.8) is 0 Å². The monoisotopic (exact) mass is 298 g/mol. The number of amides is 1. The molecule has 4 nitrogen and oxygen atoms in total. The van der Waals surface area contributed by atoms with Crippen LogP contribution in [0.2, 0.25) is 0 Å². The van der Waals surface area contributed by atoms with Gasteiger partial charge in [-0.3, -0.25) is 4.79 Å². The second-order valence-corrected chi connectivity index (χ2v) is 5.37. The summed E-state index contributed by atoms with van der Waals surface area (Å²) in [6.45, 7) is 5.66. The molecule has 2 aromatic rings. The summed E-state index contributed by atoms with van der Waals surface area (Å²) in [5.74, 6) is 0.805. The molecule has 1 amide bonds. The van der Waals surface area contributed by atoms with Crippen LogP contribution in [-0.4, -0.2) is 13.0 Å². The highest BCUT2D eigenvalue weighted by Gasteiger charge is 2.11. The lowest BCUT2D eigenvalue weighted by atomic mass is 10.0. The molecule has 1 unspecified atom stereocenters. The van der Waals surface area contributed by atoms with E-state index in [1.54, 1.807) is 7.11 Å². The van der Waals surface area contributed by atoms with Crippen molar-refractivity contribution in [1.82, 2.24) is 0 Å². The molecular formula is C18H22N2O2. The molecule has 2 N–H and O–H groups in total. The average Bonchev–Trinajstić information content (AvgIpc) is 2.48. The van der Waals surface area contributed by atoms with E-state index in [1.807, 2.05) is 36.4 Å². The van der Waals surface area contributed by atoms with Crippen molar-refractivity contribution in [2.75, 3.05) is 17.7 Å². The predicted molar refractivity (Wildman–Crippen MR) is 90.5 cm³/mol. The molecule has 0 fully saturated rings. The Morgan fingerprint density at radius 2 is 1.73 bits per heavy atom. The Hall–Kier alpha value is -2.49. The van der Waals surface area contributed by atoms with Gasteiger partial charge in [0.1, 0.15) is 5.75 Å². The largest absolute Gasteiger partial charge is 0.496 e. The second kappa shape index (κ2) is 6.98. The van der Waals surface area contributed by atoms with Crippen LogP contribution in [0.25, 0.3) is 0 Å². The number of anilines is 2. The van der Waals surface area contributed by atoms with Crippen LogP contribution in [0, 0.1) is 6.92 Å². The van der Waals surface area contributed by atoms with Gasteiger partial charge in [0.2, 0.25) is 5.91 Å². The van der Waals surface area contributed by atoms with E-state index in [-0.39, 0.29) is 11.9 Å².